The number of halogens is 1. The molecule has 7 nitrogen and oxygen atoms in total. The largest absolute Gasteiger partial charge is 0.497 e. The molecule has 4 aromatic rings. The van der Waals surface area contributed by atoms with Gasteiger partial charge < -0.3 is 14.0 Å². The van der Waals surface area contributed by atoms with Gasteiger partial charge >= 0.3 is 0 Å². The number of aromatic nitrogens is 4. The molecule has 1 aliphatic heterocycles. The van der Waals surface area contributed by atoms with Crippen LogP contribution in [0.3, 0.4) is 0 Å². The summed E-state index contributed by atoms with van der Waals surface area (Å²) in [4.78, 5) is 4.49. The first-order valence-corrected chi connectivity index (χ1v) is 9.50. The van der Waals surface area contributed by atoms with Crippen LogP contribution >= 0.6 is 11.6 Å². The molecule has 0 amide bonds. The Morgan fingerprint density at radius 2 is 1.90 bits per heavy atom. The van der Waals surface area contributed by atoms with Crippen molar-refractivity contribution < 1.29 is 14.0 Å². The molecule has 3 heterocycles. The highest BCUT2D eigenvalue weighted by molar-refractivity contribution is 6.30. The Kier molecular flexibility index (Phi) is 4.54. The van der Waals surface area contributed by atoms with E-state index in [9.17, 15) is 0 Å². The molecule has 0 bridgehead atoms. The van der Waals surface area contributed by atoms with Crippen molar-refractivity contribution in [2.45, 2.75) is 19.3 Å². The van der Waals surface area contributed by atoms with Crippen LogP contribution in [0.25, 0.3) is 23.0 Å². The van der Waals surface area contributed by atoms with Crippen molar-refractivity contribution in [3.63, 3.8) is 0 Å². The summed E-state index contributed by atoms with van der Waals surface area (Å²) in [5.74, 6) is 1.65. The van der Waals surface area contributed by atoms with E-state index in [1.807, 2.05) is 59.3 Å². The monoisotopic (exact) mass is 408 g/mol. The van der Waals surface area contributed by atoms with Crippen molar-refractivity contribution in [2.75, 3.05) is 7.11 Å². The van der Waals surface area contributed by atoms with Gasteiger partial charge in [-0.3, -0.25) is 4.68 Å². The predicted molar refractivity (Wildman–Crippen MR) is 106 cm³/mol. The summed E-state index contributed by atoms with van der Waals surface area (Å²) in [5.41, 5.74) is 3.51. The zero-order valence-corrected chi connectivity index (χ0v) is 16.3. The van der Waals surface area contributed by atoms with Crippen molar-refractivity contribution in [1.29, 1.82) is 0 Å². The molecule has 0 fully saturated rings. The number of benzene rings is 2. The van der Waals surface area contributed by atoms with Crippen molar-refractivity contribution in [1.82, 2.24) is 19.9 Å². The molecule has 8 heteroatoms. The van der Waals surface area contributed by atoms with Gasteiger partial charge in [-0.05, 0) is 48.0 Å². The van der Waals surface area contributed by atoms with Gasteiger partial charge in [0.2, 0.25) is 5.82 Å². The van der Waals surface area contributed by atoms with Gasteiger partial charge in [-0.15, -0.1) is 0 Å². The summed E-state index contributed by atoms with van der Waals surface area (Å²) in [6, 6.07) is 17.1. The molecule has 0 saturated heterocycles. The van der Waals surface area contributed by atoms with E-state index in [1.54, 1.807) is 7.11 Å². The Labute approximate surface area is 171 Å². The number of fused-ring (bicyclic) bond motifs is 1. The van der Waals surface area contributed by atoms with Gasteiger partial charge in [0, 0.05) is 10.6 Å². The fourth-order valence-electron chi connectivity index (χ4n) is 3.29. The lowest BCUT2D eigenvalue weighted by Gasteiger charge is -2.24. The van der Waals surface area contributed by atoms with E-state index in [2.05, 4.69) is 15.2 Å². The van der Waals surface area contributed by atoms with Gasteiger partial charge in [-0.1, -0.05) is 28.9 Å². The summed E-state index contributed by atoms with van der Waals surface area (Å²) >= 11 is 5.98. The van der Waals surface area contributed by atoms with Gasteiger partial charge in [0.1, 0.15) is 11.9 Å². The highest BCUT2D eigenvalue weighted by atomic mass is 35.5. The van der Waals surface area contributed by atoms with Crippen molar-refractivity contribution in [3.8, 4) is 28.7 Å². The first-order valence-electron chi connectivity index (χ1n) is 9.12. The summed E-state index contributed by atoms with van der Waals surface area (Å²) in [5, 5.41) is 9.42. The minimum Gasteiger partial charge on any atom is -0.497 e. The Bertz CT molecular complexity index is 1140. The topological polar surface area (TPSA) is 75.2 Å². The molecule has 1 atom stereocenters. The molecule has 29 heavy (non-hydrogen) atoms. The van der Waals surface area contributed by atoms with Crippen LogP contribution in [0, 0.1) is 0 Å². The van der Waals surface area contributed by atoms with Crippen molar-refractivity contribution in [2.24, 2.45) is 0 Å². The first-order chi connectivity index (χ1) is 14.2. The van der Waals surface area contributed by atoms with Crippen LogP contribution in [0.2, 0.25) is 5.02 Å². The molecule has 1 aliphatic rings. The molecule has 0 aliphatic carbocycles. The second kappa shape index (κ2) is 7.35. The Balaban J connectivity index is 1.37. The first kappa shape index (κ1) is 17.9. The number of rotatable bonds is 4. The average molecular weight is 409 g/mol. The third-order valence-electron chi connectivity index (χ3n) is 4.87. The van der Waals surface area contributed by atoms with E-state index < -0.39 is 0 Å². The third-order valence-corrected chi connectivity index (χ3v) is 5.12. The predicted octanol–water partition coefficient (Wildman–Crippen LogP) is 4.53. The molecule has 1 unspecified atom stereocenters. The summed E-state index contributed by atoms with van der Waals surface area (Å²) in [7, 11) is 1.63. The van der Waals surface area contributed by atoms with Crippen LogP contribution in [-0.2, 0) is 17.9 Å². The van der Waals surface area contributed by atoms with Gasteiger partial charge in [0.05, 0.1) is 26.0 Å². The van der Waals surface area contributed by atoms with Gasteiger partial charge in [-0.25, -0.2) is 0 Å². The van der Waals surface area contributed by atoms with E-state index in [0.717, 1.165) is 22.6 Å². The normalized spacial score (nSPS) is 15.9. The Hall–Kier alpha value is -3.16. The molecule has 2 aromatic carbocycles. The third kappa shape index (κ3) is 3.50. The quantitative estimate of drug-likeness (QED) is 0.493. The smallest absolute Gasteiger partial charge is 0.278 e. The summed E-state index contributed by atoms with van der Waals surface area (Å²) < 4.78 is 18.5. The zero-order valence-electron chi connectivity index (χ0n) is 15.6. The van der Waals surface area contributed by atoms with Crippen LogP contribution in [0.15, 0.2) is 59.1 Å². The molecular weight excluding hydrogens is 392 g/mol. The van der Waals surface area contributed by atoms with E-state index in [1.165, 1.54) is 0 Å². The number of ether oxygens (including phenoxy) is 2. The van der Waals surface area contributed by atoms with Gasteiger partial charge in [0.25, 0.3) is 5.89 Å². The lowest BCUT2D eigenvalue weighted by atomic mass is 10.1. The molecule has 0 spiro atoms. The second-order valence-electron chi connectivity index (χ2n) is 6.71. The Morgan fingerprint density at radius 1 is 1.10 bits per heavy atom. The molecular formula is C21H17ClN4O3. The van der Waals surface area contributed by atoms with E-state index >= 15 is 0 Å². The molecule has 2 aromatic heterocycles. The minimum atomic E-state index is -0.0786. The summed E-state index contributed by atoms with van der Waals surface area (Å²) in [6.07, 6.45) is -0.0786. The highest BCUT2D eigenvalue weighted by Crippen LogP contribution is 2.30. The number of hydrogen-bond acceptors (Lipinski definition) is 6. The maximum Gasteiger partial charge on any atom is 0.278 e. The van der Waals surface area contributed by atoms with Crippen molar-refractivity contribution in [3.05, 3.63) is 70.9 Å². The lowest BCUT2D eigenvalue weighted by molar-refractivity contribution is -0.00112. The van der Waals surface area contributed by atoms with Crippen LogP contribution in [-0.4, -0.2) is 27.0 Å². The number of hydrogen-bond donors (Lipinski definition) is 0. The SMILES string of the molecule is COc1ccc(-c2noc(-c3cc4n(n3)CC(c3ccc(Cl)cc3)OC4)n2)cc1. The van der Waals surface area contributed by atoms with Crippen LogP contribution < -0.4 is 4.74 Å². The zero-order chi connectivity index (χ0) is 19.8. The van der Waals surface area contributed by atoms with Gasteiger partial charge in [-0.2, -0.15) is 10.1 Å². The maximum atomic E-state index is 5.99. The van der Waals surface area contributed by atoms with Crippen LogP contribution in [0.1, 0.15) is 17.4 Å². The number of methoxy groups -OCH3 is 1. The highest BCUT2D eigenvalue weighted by Gasteiger charge is 2.24. The fraction of sp³-hybridized carbons (Fsp3) is 0.190. The van der Waals surface area contributed by atoms with E-state index in [-0.39, 0.29) is 6.10 Å². The fourth-order valence-corrected chi connectivity index (χ4v) is 3.42. The summed E-state index contributed by atoms with van der Waals surface area (Å²) in [6.45, 7) is 1.07. The molecule has 0 N–H and O–H groups in total. The lowest BCUT2D eigenvalue weighted by Crippen LogP contribution is -2.21. The van der Waals surface area contributed by atoms with E-state index in [4.69, 9.17) is 25.6 Å². The van der Waals surface area contributed by atoms with Crippen LogP contribution in [0.5, 0.6) is 5.75 Å². The molecule has 5 rings (SSSR count). The van der Waals surface area contributed by atoms with Gasteiger partial charge in [0.15, 0.2) is 5.69 Å². The standard InChI is InChI=1S/C21H17ClN4O3/c1-27-17-8-4-14(5-9-17)20-23-21(29-25-20)18-10-16-12-28-19(11-26(16)24-18)13-2-6-15(22)7-3-13/h2-10,19H,11-12H2,1H3. The average Bonchev–Trinajstić information content (AvgIpc) is 3.41. The van der Waals surface area contributed by atoms with Crippen molar-refractivity contribution >= 4 is 11.6 Å². The Morgan fingerprint density at radius 3 is 2.66 bits per heavy atom. The molecule has 0 saturated carbocycles. The minimum absolute atomic E-state index is 0.0786. The van der Waals surface area contributed by atoms with Crippen LogP contribution in [0.4, 0.5) is 0 Å². The van der Waals surface area contributed by atoms with E-state index in [0.29, 0.717) is 35.6 Å². The number of nitrogens with zero attached hydrogens (tertiary/aromatic N) is 4. The molecule has 146 valence electrons. The molecule has 0 radical (unpaired) electrons. The second-order valence-corrected chi connectivity index (χ2v) is 7.14. The maximum absolute atomic E-state index is 5.99.